The van der Waals surface area contributed by atoms with Gasteiger partial charge in [-0.05, 0) is 18.4 Å². The number of carbonyl (C=O) groups excluding carboxylic acids is 1. The topological polar surface area (TPSA) is 76.1 Å². The highest BCUT2D eigenvalue weighted by atomic mass is 32.2. The van der Waals surface area contributed by atoms with Crippen molar-refractivity contribution in [3.8, 4) is 0 Å². The van der Waals surface area contributed by atoms with E-state index < -0.39 is 9.84 Å². The number of nitrogens with zero attached hydrogens (tertiary/aromatic N) is 1. The molecule has 1 N–H and O–H groups in total. The lowest BCUT2D eigenvalue weighted by atomic mass is 10.3. The lowest BCUT2D eigenvalue weighted by Gasteiger charge is -2.06. The van der Waals surface area contributed by atoms with Gasteiger partial charge in [0.05, 0.1) is 11.3 Å². The summed E-state index contributed by atoms with van der Waals surface area (Å²) in [6.45, 7) is 0.111. The third kappa shape index (κ3) is 4.74. The summed E-state index contributed by atoms with van der Waals surface area (Å²) in [4.78, 5) is 15.8. The quantitative estimate of drug-likeness (QED) is 0.795. The zero-order chi connectivity index (χ0) is 12.9. The maximum atomic E-state index is 11.8. The molecule has 0 saturated heterocycles. The summed E-state index contributed by atoms with van der Waals surface area (Å²) in [5, 5.41) is 3.19. The van der Waals surface area contributed by atoms with Crippen molar-refractivity contribution in [2.45, 2.75) is 5.03 Å². The minimum Gasteiger partial charge on any atom is -0.351 e. The molecule has 0 aliphatic heterocycles. The van der Waals surface area contributed by atoms with E-state index in [0.717, 1.165) is 6.26 Å². The first-order valence-electron chi connectivity index (χ1n) is 4.89. The third-order valence-corrected chi connectivity index (χ3v) is 3.63. The van der Waals surface area contributed by atoms with Gasteiger partial charge in [-0.3, -0.25) is 4.79 Å². The first-order chi connectivity index (χ1) is 7.94. The Bertz CT molecular complexity index is 500. The normalized spacial score (nSPS) is 11.2. The molecule has 0 unspecified atom stereocenters. The Labute approximate surface area is 105 Å². The van der Waals surface area contributed by atoms with E-state index in [1.165, 1.54) is 11.8 Å². The van der Waals surface area contributed by atoms with Crippen LogP contribution in [0.3, 0.4) is 0 Å². The van der Waals surface area contributed by atoms with Crippen LogP contribution >= 0.6 is 11.8 Å². The molecule has 17 heavy (non-hydrogen) atoms. The van der Waals surface area contributed by atoms with Crippen molar-refractivity contribution in [1.82, 2.24) is 10.3 Å². The number of sulfone groups is 1. The zero-order valence-electron chi connectivity index (χ0n) is 9.63. The first-order valence-corrected chi connectivity index (χ1v) is 8.17. The molecule has 5 nitrogen and oxygen atoms in total. The molecule has 0 aliphatic carbocycles. The molecule has 7 heteroatoms. The van der Waals surface area contributed by atoms with Crippen molar-refractivity contribution < 1.29 is 13.2 Å². The molecule has 0 radical (unpaired) electrons. The van der Waals surface area contributed by atoms with Gasteiger partial charge in [0.25, 0.3) is 5.91 Å². The Morgan fingerprint density at radius 1 is 1.53 bits per heavy atom. The van der Waals surface area contributed by atoms with Gasteiger partial charge in [0, 0.05) is 19.0 Å². The van der Waals surface area contributed by atoms with Crippen LogP contribution in [0.4, 0.5) is 0 Å². The summed E-state index contributed by atoms with van der Waals surface area (Å²) in [6.07, 6.45) is 4.57. The van der Waals surface area contributed by atoms with Crippen molar-refractivity contribution in [2.75, 3.05) is 24.8 Å². The van der Waals surface area contributed by atoms with Crippen LogP contribution in [0.1, 0.15) is 10.4 Å². The summed E-state index contributed by atoms with van der Waals surface area (Å²) >= 11 is 1.37. The molecule has 1 rings (SSSR count). The van der Waals surface area contributed by atoms with Crippen LogP contribution in [0.5, 0.6) is 0 Å². The third-order valence-electron chi connectivity index (χ3n) is 1.97. The predicted molar refractivity (Wildman–Crippen MR) is 68.1 cm³/mol. The van der Waals surface area contributed by atoms with Crippen molar-refractivity contribution in [1.29, 1.82) is 0 Å². The van der Waals surface area contributed by atoms with E-state index in [0.29, 0.717) is 10.6 Å². The maximum absolute atomic E-state index is 11.8. The highest BCUT2D eigenvalue weighted by Gasteiger charge is 2.11. The van der Waals surface area contributed by atoms with Crippen LogP contribution in [0.25, 0.3) is 0 Å². The van der Waals surface area contributed by atoms with Gasteiger partial charge in [0.2, 0.25) is 0 Å². The van der Waals surface area contributed by atoms with Gasteiger partial charge in [-0.1, -0.05) is 0 Å². The summed E-state index contributed by atoms with van der Waals surface area (Å²) in [6, 6.07) is 3.33. The van der Waals surface area contributed by atoms with Crippen LogP contribution in [0.2, 0.25) is 0 Å². The summed E-state index contributed by atoms with van der Waals surface area (Å²) in [5.41, 5.74) is 0.466. The fraction of sp³-hybridized carbons (Fsp3) is 0.400. The van der Waals surface area contributed by atoms with E-state index in [-0.39, 0.29) is 18.2 Å². The Hall–Kier alpha value is -1.08. The Kier molecular flexibility index (Phi) is 4.95. The standard InChI is InChI=1S/C10H14N2O3S2/c1-16-10-8(4-3-5-12-10)9(13)11-6-7-17(2,14)15/h3-5H,6-7H2,1-2H3,(H,11,13). The highest BCUT2D eigenvalue weighted by molar-refractivity contribution is 7.98. The van der Waals surface area contributed by atoms with Crippen LogP contribution in [-0.2, 0) is 9.84 Å². The molecule has 0 aromatic carbocycles. The zero-order valence-corrected chi connectivity index (χ0v) is 11.3. The second-order valence-corrected chi connectivity index (χ2v) is 6.50. The average Bonchev–Trinajstić information content (AvgIpc) is 2.27. The number of pyridine rings is 1. The van der Waals surface area contributed by atoms with Gasteiger partial charge in [0.15, 0.2) is 0 Å². The lowest BCUT2D eigenvalue weighted by Crippen LogP contribution is -2.29. The predicted octanol–water partition coefficient (Wildman–Crippen LogP) is 0.578. The number of carbonyl (C=O) groups is 1. The number of aromatic nitrogens is 1. The molecule has 1 aromatic heterocycles. The molecule has 1 aromatic rings. The molecule has 0 spiro atoms. The van der Waals surface area contributed by atoms with Crippen molar-refractivity contribution in [3.63, 3.8) is 0 Å². The van der Waals surface area contributed by atoms with Gasteiger partial charge in [-0.15, -0.1) is 11.8 Å². The number of hydrogen-bond donors (Lipinski definition) is 1. The Morgan fingerprint density at radius 3 is 2.82 bits per heavy atom. The Morgan fingerprint density at radius 2 is 2.24 bits per heavy atom. The van der Waals surface area contributed by atoms with E-state index >= 15 is 0 Å². The molecule has 0 atom stereocenters. The van der Waals surface area contributed by atoms with Crippen LogP contribution in [-0.4, -0.2) is 44.1 Å². The Balaban J connectivity index is 2.64. The number of rotatable bonds is 5. The molecule has 0 aliphatic rings. The molecular weight excluding hydrogens is 260 g/mol. The van der Waals surface area contributed by atoms with E-state index in [1.807, 2.05) is 6.26 Å². The molecule has 1 amide bonds. The summed E-state index contributed by atoms with van der Waals surface area (Å²) in [7, 11) is -3.05. The monoisotopic (exact) mass is 274 g/mol. The number of nitrogens with one attached hydrogen (secondary N) is 1. The largest absolute Gasteiger partial charge is 0.351 e. The van der Waals surface area contributed by atoms with E-state index in [2.05, 4.69) is 10.3 Å². The molecule has 0 fully saturated rings. The smallest absolute Gasteiger partial charge is 0.254 e. The highest BCUT2D eigenvalue weighted by Crippen LogP contribution is 2.16. The SMILES string of the molecule is CSc1ncccc1C(=O)NCCS(C)(=O)=O. The maximum Gasteiger partial charge on any atom is 0.254 e. The van der Waals surface area contributed by atoms with Gasteiger partial charge >= 0.3 is 0 Å². The molecular formula is C10H14N2O3S2. The summed E-state index contributed by atoms with van der Waals surface area (Å²) < 4.78 is 21.8. The number of hydrogen-bond acceptors (Lipinski definition) is 5. The van der Waals surface area contributed by atoms with E-state index in [9.17, 15) is 13.2 Å². The van der Waals surface area contributed by atoms with E-state index in [1.54, 1.807) is 18.3 Å². The second kappa shape index (κ2) is 6.02. The first kappa shape index (κ1) is 14.0. The van der Waals surface area contributed by atoms with Gasteiger partial charge in [0.1, 0.15) is 14.9 Å². The van der Waals surface area contributed by atoms with Crippen molar-refractivity contribution >= 4 is 27.5 Å². The summed E-state index contributed by atoms with van der Waals surface area (Å²) in [5.74, 6) is -0.362. The molecule has 0 bridgehead atoms. The fourth-order valence-corrected chi connectivity index (χ4v) is 2.19. The van der Waals surface area contributed by atoms with Crippen LogP contribution < -0.4 is 5.32 Å². The van der Waals surface area contributed by atoms with E-state index in [4.69, 9.17) is 0 Å². The lowest BCUT2D eigenvalue weighted by molar-refractivity contribution is 0.0952. The molecule has 94 valence electrons. The van der Waals surface area contributed by atoms with Gasteiger partial charge in [-0.2, -0.15) is 0 Å². The average molecular weight is 274 g/mol. The number of thioether (sulfide) groups is 1. The van der Waals surface area contributed by atoms with Crippen LogP contribution in [0.15, 0.2) is 23.4 Å². The second-order valence-electron chi connectivity index (χ2n) is 3.45. The number of amides is 1. The van der Waals surface area contributed by atoms with Gasteiger partial charge < -0.3 is 5.32 Å². The van der Waals surface area contributed by atoms with Crippen LogP contribution in [0, 0.1) is 0 Å². The van der Waals surface area contributed by atoms with Gasteiger partial charge in [-0.25, -0.2) is 13.4 Å². The minimum absolute atomic E-state index is 0.0619. The molecule has 1 heterocycles. The fourth-order valence-electron chi connectivity index (χ4n) is 1.17. The van der Waals surface area contributed by atoms with Crippen molar-refractivity contribution in [3.05, 3.63) is 23.9 Å². The van der Waals surface area contributed by atoms with Crippen molar-refractivity contribution in [2.24, 2.45) is 0 Å². The molecule has 0 saturated carbocycles. The minimum atomic E-state index is -3.05.